The highest BCUT2D eigenvalue weighted by Crippen LogP contribution is 2.13. The fraction of sp³-hybridized carbons (Fsp3) is 0.625. The highest BCUT2D eigenvalue weighted by atomic mass is 35.5. The van der Waals surface area contributed by atoms with Crippen molar-refractivity contribution in [3.05, 3.63) is 34.9 Å². The summed E-state index contributed by atoms with van der Waals surface area (Å²) in [5, 5.41) is 4.41. The molecular weight excluding hydrogens is 256 g/mol. The number of hydrogen-bond donors (Lipinski definition) is 1. The molecule has 0 spiro atoms. The van der Waals surface area contributed by atoms with E-state index < -0.39 is 0 Å². The number of nitrogens with zero attached hydrogens (tertiary/aromatic N) is 1. The molecule has 0 aliphatic rings. The van der Waals surface area contributed by atoms with E-state index in [1.54, 1.807) is 0 Å². The van der Waals surface area contributed by atoms with Gasteiger partial charge in [-0.3, -0.25) is 0 Å². The largest absolute Gasteiger partial charge is 0.314 e. The Kier molecular flexibility index (Phi) is 8.11. The summed E-state index contributed by atoms with van der Waals surface area (Å²) in [4.78, 5) is 2.47. The molecule has 0 aliphatic carbocycles. The predicted octanol–water partition coefficient (Wildman–Crippen LogP) is 3.59. The molecule has 1 unspecified atom stereocenters. The van der Waals surface area contributed by atoms with Crippen molar-refractivity contribution < 1.29 is 0 Å². The Morgan fingerprint density at radius 2 is 1.95 bits per heavy atom. The topological polar surface area (TPSA) is 15.3 Å². The molecular formula is C16H27ClN2. The number of benzene rings is 1. The van der Waals surface area contributed by atoms with Crippen molar-refractivity contribution in [3.8, 4) is 0 Å². The Hall–Kier alpha value is -0.570. The molecule has 0 radical (unpaired) electrons. The summed E-state index contributed by atoms with van der Waals surface area (Å²) >= 11 is 6.05. The van der Waals surface area contributed by atoms with E-state index in [-0.39, 0.29) is 0 Å². The van der Waals surface area contributed by atoms with Crippen molar-refractivity contribution in [2.45, 2.75) is 39.7 Å². The molecule has 108 valence electrons. The normalized spacial score (nSPS) is 12.9. The van der Waals surface area contributed by atoms with Gasteiger partial charge in [0.15, 0.2) is 0 Å². The van der Waals surface area contributed by atoms with Crippen LogP contribution in [0.15, 0.2) is 24.3 Å². The summed E-state index contributed by atoms with van der Waals surface area (Å²) in [5.74, 6) is 0. The molecule has 0 bridgehead atoms. The van der Waals surface area contributed by atoms with Gasteiger partial charge in [0.2, 0.25) is 0 Å². The standard InChI is InChI=1S/C16H27ClN2/c1-4-18-16(10-11-19(5-2)6-3)13-14-8-7-9-15(17)12-14/h7-9,12,16,18H,4-6,10-11,13H2,1-3H3. The van der Waals surface area contributed by atoms with Crippen molar-refractivity contribution in [3.63, 3.8) is 0 Å². The molecule has 1 aromatic carbocycles. The van der Waals surface area contributed by atoms with Crippen LogP contribution in [0.2, 0.25) is 5.02 Å². The van der Waals surface area contributed by atoms with Gasteiger partial charge in [0.05, 0.1) is 0 Å². The predicted molar refractivity (Wildman–Crippen MR) is 85.0 cm³/mol. The van der Waals surface area contributed by atoms with E-state index in [9.17, 15) is 0 Å². The summed E-state index contributed by atoms with van der Waals surface area (Å²) in [6, 6.07) is 8.73. The molecule has 1 N–H and O–H groups in total. The van der Waals surface area contributed by atoms with Gasteiger partial charge in [0.25, 0.3) is 0 Å². The average Bonchev–Trinajstić information content (AvgIpc) is 2.40. The molecule has 2 nitrogen and oxygen atoms in total. The van der Waals surface area contributed by atoms with E-state index in [2.05, 4.69) is 43.1 Å². The Morgan fingerprint density at radius 3 is 2.53 bits per heavy atom. The van der Waals surface area contributed by atoms with E-state index in [0.717, 1.165) is 37.6 Å². The van der Waals surface area contributed by atoms with Crippen molar-refractivity contribution in [2.75, 3.05) is 26.2 Å². The van der Waals surface area contributed by atoms with Crippen molar-refractivity contribution in [2.24, 2.45) is 0 Å². The second-order valence-corrected chi connectivity index (χ2v) is 5.34. The first kappa shape index (κ1) is 16.5. The summed E-state index contributed by atoms with van der Waals surface area (Å²) in [6.45, 7) is 11.1. The molecule has 3 heteroatoms. The number of halogens is 1. The zero-order valence-electron chi connectivity index (χ0n) is 12.5. The molecule has 0 aliphatic heterocycles. The molecule has 1 atom stereocenters. The summed E-state index contributed by atoms with van der Waals surface area (Å²) in [5.41, 5.74) is 1.32. The van der Waals surface area contributed by atoms with Crippen LogP contribution in [-0.4, -0.2) is 37.1 Å². The Balaban J connectivity index is 2.52. The average molecular weight is 283 g/mol. The third-order valence-electron chi connectivity index (χ3n) is 3.55. The fourth-order valence-corrected chi connectivity index (χ4v) is 2.60. The van der Waals surface area contributed by atoms with Crippen LogP contribution in [0.25, 0.3) is 0 Å². The molecule has 1 rings (SSSR count). The first-order valence-electron chi connectivity index (χ1n) is 7.39. The minimum absolute atomic E-state index is 0.532. The van der Waals surface area contributed by atoms with Gasteiger partial charge < -0.3 is 10.2 Å². The molecule has 0 saturated carbocycles. The first-order valence-corrected chi connectivity index (χ1v) is 7.77. The first-order chi connectivity index (χ1) is 9.19. The van der Waals surface area contributed by atoms with Gasteiger partial charge in [-0.05, 0) is 56.7 Å². The monoisotopic (exact) mass is 282 g/mol. The lowest BCUT2D eigenvalue weighted by Gasteiger charge is -2.23. The summed E-state index contributed by atoms with van der Waals surface area (Å²) < 4.78 is 0. The summed E-state index contributed by atoms with van der Waals surface area (Å²) in [6.07, 6.45) is 2.23. The van der Waals surface area contributed by atoms with E-state index in [0.29, 0.717) is 6.04 Å². The molecule has 0 fully saturated rings. The van der Waals surface area contributed by atoms with Gasteiger partial charge in [0, 0.05) is 11.1 Å². The minimum Gasteiger partial charge on any atom is -0.314 e. The summed E-state index contributed by atoms with van der Waals surface area (Å²) in [7, 11) is 0. The van der Waals surface area contributed by atoms with E-state index >= 15 is 0 Å². The molecule has 1 aromatic rings. The van der Waals surface area contributed by atoms with Crippen LogP contribution in [0.1, 0.15) is 32.8 Å². The Bertz CT molecular complexity index is 350. The second-order valence-electron chi connectivity index (χ2n) is 4.90. The second kappa shape index (κ2) is 9.35. The van der Waals surface area contributed by atoms with E-state index in [1.165, 1.54) is 12.0 Å². The molecule has 0 aromatic heterocycles. The van der Waals surface area contributed by atoms with Gasteiger partial charge >= 0.3 is 0 Å². The Morgan fingerprint density at radius 1 is 1.21 bits per heavy atom. The lowest BCUT2D eigenvalue weighted by molar-refractivity contribution is 0.281. The fourth-order valence-electron chi connectivity index (χ4n) is 2.39. The molecule has 19 heavy (non-hydrogen) atoms. The highest BCUT2D eigenvalue weighted by molar-refractivity contribution is 6.30. The van der Waals surface area contributed by atoms with Gasteiger partial charge in [-0.15, -0.1) is 0 Å². The third kappa shape index (κ3) is 6.42. The van der Waals surface area contributed by atoms with Crippen molar-refractivity contribution >= 4 is 11.6 Å². The Labute approximate surface area is 123 Å². The minimum atomic E-state index is 0.532. The zero-order valence-corrected chi connectivity index (χ0v) is 13.2. The highest BCUT2D eigenvalue weighted by Gasteiger charge is 2.10. The molecule has 0 saturated heterocycles. The van der Waals surface area contributed by atoms with Crippen LogP contribution in [0.4, 0.5) is 0 Å². The number of likely N-dealkylation sites (N-methyl/N-ethyl adjacent to an activating group) is 1. The van der Waals surface area contributed by atoms with Crippen molar-refractivity contribution in [1.82, 2.24) is 10.2 Å². The zero-order chi connectivity index (χ0) is 14.1. The van der Waals surface area contributed by atoms with Crippen molar-refractivity contribution in [1.29, 1.82) is 0 Å². The lowest BCUT2D eigenvalue weighted by Crippen LogP contribution is -2.35. The maximum absolute atomic E-state index is 6.05. The van der Waals surface area contributed by atoms with Gasteiger partial charge in [-0.1, -0.05) is 44.5 Å². The number of hydrogen-bond acceptors (Lipinski definition) is 2. The number of rotatable bonds is 9. The van der Waals surface area contributed by atoms with Crippen LogP contribution in [0.3, 0.4) is 0 Å². The smallest absolute Gasteiger partial charge is 0.0408 e. The van der Waals surface area contributed by atoms with E-state index in [4.69, 9.17) is 11.6 Å². The van der Waals surface area contributed by atoms with E-state index in [1.807, 2.05) is 12.1 Å². The quantitative estimate of drug-likeness (QED) is 0.745. The van der Waals surface area contributed by atoms with Crippen LogP contribution in [0.5, 0.6) is 0 Å². The van der Waals surface area contributed by atoms with Gasteiger partial charge in [-0.2, -0.15) is 0 Å². The maximum atomic E-state index is 6.05. The van der Waals surface area contributed by atoms with Crippen LogP contribution < -0.4 is 5.32 Å². The third-order valence-corrected chi connectivity index (χ3v) is 3.79. The molecule has 0 amide bonds. The van der Waals surface area contributed by atoms with Gasteiger partial charge in [0.1, 0.15) is 0 Å². The lowest BCUT2D eigenvalue weighted by atomic mass is 10.0. The maximum Gasteiger partial charge on any atom is 0.0408 e. The van der Waals surface area contributed by atoms with Gasteiger partial charge in [-0.25, -0.2) is 0 Å². The van der Waals surface area contributed by atoms with Crippen LogP contribution >= 0.6 is 11.6 Å². The van der Waals surface area contributed by atoms with Crippen LogP contribution in [-0.2, 0) is 6.42 Å². The number of nitrogens with one attached hydrogen (secondary N) is 1. The van der Waals surface area contributed by atoms with Crippen LogP contribution in [0, 0.1) is 0 Å². The SMILES string of the molecule is CCNC(CCN(CC)CC)Cc1cccc(Cl)c1. The molecule has 0 heterocycles.